The quantitative estimate of drug-likeness (QED) is 0.665. The lowest BCUT2D eigenvalue weighted by Gasteiger charge is -1.95. The molecule has 2 rings (SSSR count). The van der Waals surface area contributed by atoms with Crippen LogP contribution < -0.4 is 5.32 Å². The number of aromatic nitrogens is 3. The lowest BCUT2D eigenvalue weighted by Crippen LogP contribution is -2.11. The number of aromatic amines is 1. The van der Waals surface area contributed by atoms with Gasteiger partial charge in [0.05, 0.1) is 6.26 Å². The van der Waals surface area contributed by atoms with Crippen molar-refractivity contribution in [3.8, 4) is 0 Å². The molecule has 78 valence electrons. The molecule has 0 saturated heterocycles. The van der Waals surface area contributed by atoms with Crippen LogP contribution in [0.1, 0.15) is 16.4 Å². The van der Waals surface area contributed by atoms with E-state index < -0.39 is 5.91 Å². The molecule has 1 amide bonds. The van der Waals surface area contributed by atoms with E-state index >= 15 is 0 Å². The highest BCUT2D eigenvalue weighted by atomic mass is 16.3. The summed E-state index contributed by atoms with van der Waals surface area (Å²) < 4.78 is 4.87. The van der Waals surface area contributed by atoms with Gasteiger partial charge in [0.1, 0.15) is 6.61 Å². The van der Waals surface area contributed by atoms with E-state index in [2.05, 4.69) is 20.5 Å². The number of nitrogens with zero attached hydrogens (tertiary/aromatic N) is 2. The van der Waals surface area contributed by atoms with Crippen LogP contribution in [0.15, 0.2) is 22.8 Å². The summed E-state index contributed by atoms with van der Waals surface area (Å²) in [6.07, 6.45) is 1.39. The van der Waals surface area contributed by atoms with E-state index in [9.17, 15) is 4.79 Å². The zero-order valence-electron chi connectivity index (χ0n) is 7.60. The van der Waals surface area contributed by atoms with E-state index in [1.807, 2.05) is 0 Å². The number of aliphatic hydroxyl groups excluding tert-OH is 1. The topological polar surface area (TPSA) is 104 Å². The Bertz CT molecular complexity index is 448. The zero-order valence-corrected chi connectivity index (χ0v) is 7.60. The third kappa shape index (κ3) is 2.02. The smallest absolute Gasteiger partial charge is 0.293 e. The van der Waals surface area contributed by atoms with Crippen LogP contribution in [0, 0.1) is 0 Å². The molecule has 15 heavy (non-hydrogen) atoms. The van der Waals surface area contributed by atoms with E-state index in [4.69, 9.17) is 9.52 Å². The Kier molecular flexibility index (Phi) is 2.46. The maximum absolute atomic E-state index is 11.4. The highest BCUT2D eigenvalue weighted by Crippen LogP contribution is 2.04. The Hall–Kier alpha value is -2.15. The van der Waals surface area contributed by atoms with E-state index in [1.54, 1.807) is 6.07 Å². The second-order valence-corrected chi connectivity index (χ2v) is 2.70. The molecule has 2 heterocycles. The average Bonchev–Trinajstić information content (AvgIpc) is 2.87. The van der Waals surface area contributed by atoms with Gasteiger partial charge in [-0.3, -0.25) is 15.2 Å². The van der Waals surface area contributed by atoms with Crippen LogP contribution in [0.2, 0.25) is 0 Å². The minimum Gasteiger partial charge on any atom is -0.459 e. The van der Waals surface area contributed by atoms with Crippen LogP contribution in [-0.2, 0) is 6.61 Å². The van der Waals surface area contributed by atoms with Gasteiger partial charge in [-0.15, -0.1) is 5.10 Å². The molecule has 0 atom stereocenters. The Balaban J connectivity index is 2.06. The standard InChI is InChI=1S/C8H8N4O3/c13-4-6-9-8(12-11-6)10-7(14)5-2-1-3-15-5/h1-3,13H,4H2,(H2,9,10,11,12,14). The second kappa shape index (κ2) is 3.93. The molecular weight excluding hydrogens is 200 g/mol. The number of carbonyl (C=O) groups excluding carboxylic acids is 1. The molecule has 7 heteroatoms. The van der Waals surface area contributed by atoms with Crippen molar-refractivity contribution in [1.82, 2.24) is 15.2 Å². The van der Waals surface area contributed by atoms with Gasteiger partial charge in [0.25, 0.3) is 5.91 Å². The summed E-state index contributed by atoms with van der Waals surface area (Å²) in [5, 5.41) is 17.2. The zero-order chi connectivity index (χ0) is 10.7. The normalized spacial score (nSPS) is 10.2. The number of hydrogen-bond donors (Lipinski definition) is 3. The maximum Gasteiger partial charge on any atom is 0.293 e. The first-order chi connectivity index (χ1) is 7.29. The molecule has 2 aromatic heterocycles. The molecule has 2 aromatic rings. The number of nitrogens with one attached hydrogen (secondary N) is 2. The molecule has 3 N–H and O–H groups in total. The van der Waals surface area contributed by atoms with Gasteiger partial charge < -0.3 is 9.52 Å². The molecule has 0 unspecified atom stereocenters. The van der Waals surface area contributed by atoms with Crippen molar-refractivity contribution in [2.75, 3.05) is 5.32 Å². The first kappa shape index (κ1) is 9.41. The number of rotatable bonds is 3. The fourth-order valence-corrected chi connectivity index (χ4v) is 0.993. The van der Waals surface area contributed by atoms with Crippen LogP contribution in [0.4, 0.5) is 5.95 Å². The third-order valence-electron chi connectivity index (χ3n) is 1.65. The van der Waals surface area contributed by atoms with Crippen molar-refractivity contribution in [1.29, 1.82) is 0 Å². The van der Waals surface area contributed by atoms with Crippen molar-refractivity contribution in [3.63, 3.8) is 0 Å². The fraction of sp³-hybridized carbons (Fsp3) is 0.125. The largest absolute Gasteiger partial charge is 0.459 e. The van der Waals surface area contributed by atoms with Crippen LogP contribution in [0.25, 0.3) is 0 Å². The first-order valence-electron chi connectivity index (χ1n) is 4.16. The lowest BCUT2D eigenvalue weighted by atomic mass is 10.4. The van der Waals surface area contributed by atoms with E-state index in [0.717, 1.165) is 0 Å². The van der Waals surface area contributed by atoms with Crippen molar-refractivity contribution in [2.45, 2.75) is 6.61 Å². The molecule has 0 aliphatic heterocycles. The monoisotopic (exact) mass is 208 g/mol. The fourth-order valence-electron chi connectivity index (χ4n) is 0.993. The predicted molar refractivity (Wildman–Crippen MR) is 49.0 cm³/mol. The minimum absolute atomic E-state index is 0.0976. The summed E-state index contributed by atoms with van der Waals surface area (Å²) in [5.74, 6) is 0.110. The number of aliphatic hydroxyl groups is 1. The molecule has 0 aliphatic rings. The van der Waals surface area contributed by atoms with Gasteiger partial charge in [-0.25, -0.2) is 0 Å². The third-order valence-corrected chi connectivity index (χ3v) is 1.65. The van der Waals surface area contributed by atoms with Gasteiger partial charge in [-0.1, -0.05) is 0 Å². The molecular formula is C8H8N4O3. The van der Waals surface area contributed by atoms with E-state index in [-0.39, 0.29) is 24.1 Å². The minimum atomic E-state index is -0.441. The number of amides is 1. The summed E-state index contributed by atoms with van der Waals surface area (Å²) in [7, 11) is 0. The summed E-state index contributed by atoms with van der Waals surface area (Å²) in [4.78, 5) is 15.2. The van der Waals surface area contributed by atoms with Crippen LogP contribution in [0.5, 0.6) is 0 Å². The number of anilines is 1. The van der Waals surface area contributed by atoms with Crippen molar-refractivity contribution >= 4 is 11.9 Å². The van der Waals surface area contributed by atoms with Crippen LogP contribution in [-0.4, -0.2) is 26.2 Å². The molecule has 0 radical (unpaired) electrons. The van der Waals surface area contributed by atoms with Crippen LogP contribution in [0.3, 0.4) is 0 Å². The van der Waals surface area contributed by atoms with Gasteiger partial charge in [0, 0.05) is 0 Å². The Morgan fingerprint density at radius 3 is 3.13 bits per heavy atom. The lowest BCUT2D eigenvalue weighted by molar-refractivity contribution is 0.0996. The van der Waals surface area contributed by atoms with Crippen LogP contribution >= 0.6 is 0 Å². The molecule has 0 aliphatic carbocycles. The Labute approximate surface area is 84.1 Å². The Morgan fingerprint density at radius 2 is 2.53 bits per heavy atom. The highest BCUT2D eigenvalue weighted by molar-refractivity contribution is 6.01. The number of hydrogen-bond acceptors (Lipinski definition) is 5. The SMILES string of the molecule is O=C(Nc1n[nH]c(CO)n1)c1ccco1. The van der Waals surface area contributed by atoms with Crippen molar-refractivity contribution in [2.24, 2.45) is 0 Å². The van der Waals surface area contributed by atoms with Gasteiger partial charge in [-0.05, 0) is 12.1 Å². The summed E-state index contributed by atoms with van der Waals surface area (Å²) in [5.41, 5.74) is 0. The van der Waals surface area contributed by atoms with E-state index in [0.29, 0.717) is 0 Å². The van der Waals surface area contributed by atoms with Gasteiger partial charge in [-0.2, -0.15) is 4.98 Å². The molecule has 0 saturated carbocycles. The molecule has 7 nitrogen and oxygen atoms in total. The summed E-state index contributed by atoms with van der Waals surface area (Å²) >= 11 is 0. The first-order valence-corrected chi connectivity index (χ1v) is 4.16. The molecule has 0 aromatic carbocycles. The van der Waals surface area contributed by atoms with E-state index in [1.165, 1.54) is 12.3 Å². The van der Waals surface area contributed by atoms with Gasteiger partial charge in [0.2, 0.25) is 5.95 Å². The highest BCUT2D eigenvalue weighted by Gasteiger charge is 2.11. The molecule has 0 bridgehead atoms. The average molecular weight is 208 g/mol. The molecule has 0 spiro atoms. The second-order valence-electron chi connectivity index (χ2n) is 2.70. The van der Waals surface area contributed by atoms with Crippen molar-refractivity contribution in [3.05, 3.63) is 30.0 Å². The summed E-state index contributed by atoms with van der Waals surface area (Å²) in [6, 6.07) is 3.13. The maximum atomic E-state index is 11.4. The van der Waals surface area contributed by atoms with Crippen molar-refractivity contribution < 1.29 is 14.3 Å². The predicted octanol–water partition coefficient (Wildman–Crippen LogP) is 0.142. The van der Waals surface area contributed by atoms with Gasteiger partial charge >= 0.3 is 0 Å². The Morgan fingerprint density at radius 1 is 1.67 bits per heavy atom. The number of H-pyrrole nitrogens is 1. The number of furan rings is 1. The van der Waals surface area contributed by atoms with Gasteiger partial charge in [0.15, 0.2) is 11.6 Å². The summed E-state index contributed by atoms with van der Waals surface area (Å²) in [6.45, 7) is -0.260. The number of carbonyl (C=O) groups is 1. The molecule has 0 fully saturated rings.